The van der Waals surface area contributed by atoms with Gasteiger partial charge in [-0.1, -0.05) is 30.0 Å². The van der Waals surface area contributed by atoms with Gasteiger partial charge in [0.25, 0.3) is 11.6 Å². The summed E-state index contributed by atoms with van der Waals surface area (Å²) < 4.78 is 15.7. The van der Waals surface area contributed by atoms with Crippen molar-refractivity contribution in [2.45, 2.75) is 23.9 Å². The molecule has 2 N–H and O–H groups in total. The molecule has 1 amide bonds. The van der Waals surface area contributed by atoms with Gasteiger partial charge in [0.05, 0.1) is 22.4 Å². The van der Waals surface area contributed by atoms with Crippen LogP contribution in [0.15, 0.2) is 89.5 Å². The number of nitrogens with zero attached hydrogens (tertiary/aromatic N) is 5. The molecule has 12 heteroatoms. The van der Waals surface area contributed by atoms with Crippen molar-refractivity contribution in [3.05, 3.63) is 111 Å². The van der Waals surface area contributed by atoms with Crippen LogP contribution in [0.5, 0.6) is 0 Å². The van der Waals surface area contributed by atoms with Gasteiger partial charge in [0, 0.05) is 29.8 Å². The third-order valence-corrected chi connectivity index (χ3v) is 6.62. The number of allylic oxidation sites excluding steroid dienone is 1. The van der Waals surface area contributed by atoms with E-state index in [1.54, 1.807) is 60.3 Å². The largest absolute Gasteiger partial charge is 0.328 e. The van der Waals surface area contributed by atoms with Crippen LogP contribution in [0.1, 0.15) is 24.1 Å². The van der Waals surface area contributed by atoms with Crippen molar-refractivity contribution in [3.8, 4) is 0 Å². The van der Waals surface area contributed by atoms with Crippen LogP contribution in [0.2, 0.25) is 0 Å². The average molecular weight is 518 g/mol. The van der Waals surface area contributed by atoms with Crippen molar-refractivity contribution >= 4 is 35.0 Å². The van der Waals surface area contributed by atoms with Crippen molar-refractivity contribution in [1.29, 1.82) is 0 Å². The molecular weight excluding hydrogens is 497 g/mol. The van der Waals surface area contributed by atoms with Gasteiger partial charge in [-0.2, -0.15) is 4.98 Å². The Morgan fingerprint density at radius 1 is 1.19 bits per heavy atom. The number of hydrogen-bond acceptors (Lipinski definition) is 8. The van der Waals surface area contributed by atoms with E-state index >= 15 is 0 Å². The predicted molar refractivity (Wildman–Crippen MR) is 136 cm³/mol. The normalized spacial score (nSPS) is 14.6. The van der Waals surface area contributed by atoms with Crippen molar-refractivity contribution in [3.63, 3.8) is 0 Å². The van der Waals surface area contributed by atoms with Crippen molar-refractivity contribution in [1.82, 2.24) is 19.7 Å². The molecule has 4 aromatic rings. The van der Waals surface area contributed by atoms with Crippen LogP contribution in [0.4, 0.5) is 21.7 Å². The second-order valence-corrected chi connectivity index (χ2v) is 9.10. The number of pyridine rings is 1. The summed E-state index contributed by atoms with van der Waals surface area (Å²) in [4.78, 5) is 32.7. The van der Waals surface area contributed by atoms with Gasteiger partial charge in [0.15, 0.2) is 0 Å². The smallest absolute Gasteiger partial charge is 0.269 e. The topological polar surface area (TPSA) is 128 Å². The van der Waals surface area contributed by atoms with Gasteiger partial charge in [-0.05, 0) is 48.4 Å². The predicted octanol–water partition coefficient (Wildman–Crippen LogP) is 4.94. The van der Waals surface area contributed by atoms with E-state index in [9.17, 15) is 19.3 Å². The van der Waals surface area contributed by atoms with Crippen molar-refractivity contribution in [2.75, 3.05) is 10.6 Å². The molecular formula is C25H20FN7O3S. The molecule has 0 saturated carbocycles. The molecule has 3 heterocycles. The maximum Gasteiger partial charge on any atom is 0.269 e. The monoisotopic (exact) mass is 517 g/mol. The third kappa shape index (κ3) is 5.05. The first-order chi connectivity index (χ1) is 17.9. The Hall–Kier alpha value is -4.58. The summed E-state index contributed by atoms with van der Waals surface area (Å²) in [5, 5.41) is 22.2. The Labute approximate surface area is 214 Å². The quantitative estimate of drug-likeness (QED) is 0.200. The van der Waals surface area contributed by atoms with E-state index in [4.69, 9.17) is 0 Å². The van der Waals surface area contributed by atoms with Gasteiger partial charge in [-0.25, -0.2) is 9.07 Å². The van der Waals surface area contributed by atoms with Crippen molar-refractivity contribution < 1.29 is 14.1 Å². The standard InChI is InChI=1S/C25H20FN7O3S/c1-15-21(23(34)29-18-6-4-12-27-13-18)22(16-8-10-19(11-9-16)33(35)36)32-24(28-15)30-25(31-32)37-14-17-5-2-3-7-20(17)26/h2-13,22H,14H2,1H3,(H,29,34)(H,28,30,31). The number of hydrogen-bond donors (Lipinski definition) is 2. The lowest BCUT2D eigenvalue weighted by Gasteiger charge is -2.28. The summed E-state index contributed by atoms with van der Waals surface area (Å²) in [6.45, 7) is 1.75. The molecule has 37 heavy (non-hydrogen) atoms. The number of rotatable bonds is 7. The molecule has 5 rings (SSSR count). The number of carbonyl (C=O) groups excluding carboxylic acids is 1. The first kappa shape index (κ1) is 24.1. The van der Waals surface area contributed by atoms with Crippen LogP contribution < -0.4 is 10.6 Å². The highest BCUT2D eigenvalue weighted by Gasteiger charge is 2.34. The minimum Gasteiger partial charge on any atom is -0.328 e. The number of halogens is 1. The minimum absolute atomic E-state index is 0.0697. The Morgan fingerprint density at radius 2 is 1.97 bits per heavy atom. The number of anilines is 2. The van der Waals surface area contributed by atoms with E-state index in [2.05, 4.69) is 25.7 Å². The van der Waals surface area contributed by atoms with E-state index < -0.39 is 11.0 Å². The van der Waals surface area contributed by atoms with Gasteiger partial charge in [-0.15, -0.1) is 5.10 Å². The highest BCUT2D eigenvalue weighted by atomic mass is 32.2. The van der Waals surface area contributed by atoms with Crippen LogP contribution in [0.3, 0.4) is 0 Å². The molecule has 1 atom stereocenters. The number of thioether (sulfide) groups is 1. The third-order valence-electron chi connectivity index (χ3n) is 5.73. The lowest BCUT2D eigenvalue weighted by molar-refractivity contribution is -0.384. The van der Waals surface area contributed by atoms with Gasteiger partial charge in [-0.3, -0.25) is 19.9 Å². The Morgan fingerprint density at radius 3 is 2.68 bits per heavy atom. The van der Waals surface area contributed by atoms with E-state index in [1.165, 1.54) is 36.2 Å². The fraction of sp³-hybridized carbons (Fsp3) is 0.120. The summed E-state index contributed by atoms with van der Waals surface area (Å²) >= 11 is 1.26. The summed E-state index contributed by atoms with van der Waals surface area (Å²) in [6.07, 6.45) is 3.13. The first-order valence-corrected chi connectivity index (χ1v) is 12.2. The Kier molecular flexibility index (Phi) is 6.64. The average Bonchev–Trinajstić information content (AvgIpc) is 3.30. The van der Waals surface area contributed by atoms with Crippen LogP contribution in [0.25, 0.3) is 0 Å². The number of nitro benzene ring substituents is 1. The molecule has 0 aliphatic carbocycles. The minimum atomic E-state index is -0.718. The second kappa shape index (κ2) is 10.2. The number of nitrogens with one attached hydrogen (secondary N) is 2. The van der Waals surface area contributed by atoms with Crippen LogP contribution in [0, 0.1) is 15.9 Å². The fourth-order valence-electron chi connectivity index (χ4n) is 3.97. The van der Waals surface area contributed by atoms with E-state index in [-0.39, 0.29) is 17.4 Å². The van der Waals surface area contributed by atoms with Gasteiger partial charge < -0.3 is 10.6 Å². The van der Waals surface area contributed by atoms with E-state index in [0.717, 1.165) is 0 Å². The molecule has 10 nitrogen and oxygen atoms in total. The number of benzene rings is 2. The second-order valence-electron chi connectivity index (χ2n) is 8.15. The zero-order valence-corrected chi connectivity index (χ0v) is 20.3. The molecule has 2 aromatic heterocycles. The lowest BCUT2D eigenvalue weighted by Crippen LogP contribution is -2.31. The molecule has 2 aromatic carbocycles. The maximum atomic E-state index is 14.1. The van der Waals surface area contributed by atoms with Gasteiger partial charge in [0.2, 0.25) is 11.1 Å². The molecule has 186 valence electrons. The summed E-state index contributed by atoms with van der Waals surface area (Å²) in [5.74, 6) is 0.0182. The van der Waals surface area contributed by atoms with E-state index in [1.807, 2.05) is 0 Å². The molecule has 0 fully saturated rings. The highest BCUT2D eigenvalue weighted by molar-refractivity contribution is 7.98. The first-order valence-electron chi connectivity index (χ1n) is 11.2. The summed E-state index contributed by atoms with van der Waals surface area (Å²) in [6, 6.07) is 15.1. The number of fused-ring (bicyclic) bond motifs is 1. The zero-order chi connectivity index (χ0) is 25.9. The number of aromatic nitrogens is 4. The Bertz CT molecular complexity index is 1510. The van der Waals surface area contributed by atoms with Crippen LogP contribution in [-0.4, -0.2) is 30.6 Å². The van der Waals surface area contributed by atoms with E-state index in [0.29, 0.717) is 44.9 Å². The molecule has 0 saturated heterocycles. The number of nitro groups is 1. The zero-order valence-electron chi connectivity index (χ0n) is 19.5. The lowest BCUT2D eigenvalue weighted by atomic mass is 9.95. The molecule has 0 radical (unpaired) electrons. The summed E-state index contributed by atoms with van der Waals surface area (Å²) in [5.41, 5.74) is 2.49. The van der Waals surface area contributed by atoms with Gasteiger partial charge in [0.1, 0.15) is 11.9 Å². The molecule has 1 aliphatic heterocycles. The van der Waals surface area contributed by atoms with Crippen molar-refractivity contribution in [2.24, 2.45) is 0 Å². The number of amides is 1. The van der Waals surface area contributed by atoms with Crippen LogP contribution >= 0.6 is 11.8 Å². The van der Waals surface area contributed by atoms with Gasteiger partial charge >= 0.3 is 0 Å². The summed E-state index contributed by atoms with van der Waals surface area (Å²) in [7, 11) is 0. The molecule has 1 aliphatic rings. The fourth-order valence-corrected chi connectivity index (χ4v) is 4.78. The molecule has 0 spiro atoms. The SMILES string of the molecule is CC1=C(C(=O)Nc2cccnc2)C(c2ccc([N+](=O)[O-])cc2)n2nc(SCc3ccccc3F)nc2N1. The number of non-ortho nitro benzene ring substituents is 1. The Balaban J connectivity index is 1.51. The molecule has 1 unspecified atom stereocenters. The molecule has 0 bridgehead atoms. The maximum absolute atomic E-state index is 14.1. The van der Waals surface area contributed by atoms with Crippen LogP contribution in [-0.2, 0) is 10.5 Å². The number of carbonyl (C=O) groups is 1. The highest BCUT2D eigenvalue weighted by Crippen LogP contribution is 2.37.